The number of carbonyl (C=O) groups excluding carboxylic acids is 3. The molecule has 0 fully saturated rings. The Bertz CT molecular complexity index is 1370. The first-order valence-electron chi connectivity index (χ1n) is 13.3. The monoisotopic (exact) mass is 550 g/mol. The first-order valence-corrected chi connectivity index (χ1v) is 13.3. The van der Waals surface area contributed by atoms with Gasteiger partial charge >= 0.3 is 5.97 Å². The van der Waals surface area contributed by atoms with E-state index in [2.05, 4.69) is 10.3 Å². The van der Waals surface area contributed by atoms with Crippen molar-refractivity contribution in [2.75, 3.05) is 13.7 Å². The van der Waals surface area contributed by atoms with Crippen LogP contribution in [0.5, 0.6) is 5.75 Å². The van der Waals surface area contributed by atoms with Gasteiger partial charge in [-0.3, -0.25) is 19.6 Å². The van der Waals surface area contributed by atoms with E-state index < -0.39 is 29.9 Å². The molecule has 5 N–H and O–H groups in total. The van der Waals surface area contributed by atoms with Crippen LogP contribution in [0.25, 0.3) is 10.9 Å². The second-order valence-corrected chi connectivity index (χ2v) is 9.81. The molecule has 212 valence electrons. The molecule has 11 nitrogen and oxygen atoms in total. The van der Waals surface area contributed by atoms with Crippen molar-refractivity contribution >= 4 is 34.6 Å². The number of methoxy groups -OCH3 is 1. The van der Waals surface area contributed by atoms with Crippen molar-refractivity contribution in [3.8, 4) is 5.75 Å². The van der Waals surface area contributed by atoms with Gasteiger partial charge in [-0.1, -0.05) is 43.2 Å². The van der Waals surface area contributed by atoms with Gasteiger partial charge in [-0.15, -0.1) is 0 Å². The number of carbonyl (C=O) groups is 4. The molecule has 1 aliphatic rings. The molecule has 0 spiro atoms. The maximum absolute atomic E-state index is 13.8. The molecule has 1 aromatic heterocycles. The number of rotatable bonds is 12. The van der Waals surface area contributed by atoms with Crippen LogP contribution in [0.4, 0.5) is 0 Å². The number of hydrogen-bond donors (Lipinski definition) is 5. The van der Waals surface area contributed by atoms with Gasteiger partial charge in [0.25, 0.3) is 0 Å². The third-order valence-corrected chi connectivity index (χ3v) is 7.24. The molecule has 0 saturated carbocycles. The lowest BCUT2D eigenvalue weighted by molar-refractivity contribution is -0.145. The zero-order valence-corrected chi connectivity index (χ0v) is 22.3. The van der Waals surface area contributed by atoms with Crippen molar-refractivity contribution in [1.29, 1.82) is 0 Å². The van der Waals surface area contributed by atoms with Crippen molar-refractivity contribution < 1.29 is 34.2 Å². The molecule has 0 radical (unpaired) electrons. The average molecular weight is 551 g/mol. The van der Waals surface area contributed by atoms with Crippen molar-refractivity contribution in [1.82, 2.24) is 20.7 Å². The number of unbranched alkanes of at least 4 members (excludes halogenated alkanes) is 3. The number of nitrogens with one attached hydrogen (secondary N) is 3. The number of aliphatic carboxylic acids is 1. The van der Waals surface area contributed by atoms with Crippen LogP contribution >= 0.6 is 0 Å². The molecule has 0 aliphatic carbocycles. The highest BCUT2D eigenvalue weighted by Crippen LogP contribution is 2.37. The van der Waals surface area contributed by atoms with Crippen molar-refractivity contribution in [3.63, 3.8) is 0 Å². The van der Waals surface area contributed by atoms with Crippen LogP contribution in [-0.2, 0) is 25.6 Å². The second kappa shape index (κ2) is 13.1. The predicted molar refractivity (Wildman–Crippen MR) is 146 cm³/mol. The van der Waals surface area contributed by atoms with E-state index in [-0.39, 0.29) is 18.7 Å². The molecule has 4 rings (SSSR count). The molecule has 0 bridgehead atoms. The molecule has 0 saturated heterocycles. The minimum Gasteiger partial charge on any atom is -0.497 e. The Labute approximate surface area is 231 Å². The number of fused-ring (bicyclic) bond motifs is 3. The molecule has 2 aromatic carbocycles. The first kappa shape index (κ1) is 28.6. The Morgan fingerprint density at radius 3 is 2.45 bits per heavy atom. The maximum Gasteiger partial charge on any atom is 0.330 e. The van der Waals surface area contributed by atoms with E-state index in [1.807, 2.05) is 18.2 Å². The van der Waals surface area contributed by atoms with E-state index >= 15 is 0 Å². The standard InChI is InChI=1S/C29H34N4O7/c1-40-19-13-14-22-21(17-19)20-15-16-33(24(35)12-8-3-2-7-11-23(34)32-39)27(26(20)30-22)28(36)31-25(29(37)38)18-9-5-4-6-10-18/h4-6,9-10,13-14,17,25,27,30,39H,2-3,7-8,11-12,15-16H2,1H3,(H,31,36)(H,32,34)(H,37,38)/t25-,27?/m0/s1. The Morgan fingerprint density at radius 2 is 1.77 bits per heavy atom. The lowest BCUT2D eigenvalue weighted by Crippen LogP contribution is -2.48. The number of benzene rings is 2. The number of H-pyrrole nitrogens is 1. The van der Waals surface area contributed by atoms with Gasteiger partial charge < -0.3 is 25.0 Å². The van der Waals surface area contributed by atoms with Gasteiger partial charge in [-0.05, 0) is 48.6 Å². The summed E-state index contributed by atoms with van der Waals surface area (Å²) >= 11 is 0. The fourth-order valence-corrected chi connectivity index (χ4v) is 5.21. The van der Waals surface area contributed by atoms with Gasteiger partial charge in [-0.2, -0.15) is 0 Å². The molecule has 3 aromatic rings. The zero-order valence-electron chi connectivity index (χ0n) is 22.3. The number of nitrogens with zero attached hydrogens (tertiary/aromatic N) is 1. The maximum atomic E-state index is 13.8. The van der Waals surface area contributed by atoms with E-state index in [0.29, 0.717) is 49.2 Å². The number of carboxylic acids is 1. The van der Waals surface area contributed by atoms with Crippen LogP contribution < -0.4 is 15.5 Å². The predicted octanol–water partition coefficient (Wildman–Crippen LogP) is 3.39. The zero-order chi connectivity index (χ0) is 28.6. The average Bonchev–Trinajstić information content (AvgIpc) is 3.34. The van der Waals surface area contributed by atoms with Crippen molar-refractivity contribution in [2.45, 2.75) is 57.0 Å². The number of aromatic nitrogens is 1. The SMILES string of the molecule is COc1ccc2[nH]c3c(c2c1)CCN(C(=O)CCCCCCC(=O)NO)C3C(=O)N[C@H](C(=O)O)c1ccccc1. The summed E-state index contributed by atoms with van der Waals surface area (Å²) in [5.41, 5.74) is 4.28. The number of aromatic amines is 1. The molecule has 2 heterocycles. The third-order valence-electron chi connectivity index (χ3n) is 7.24. The third kappa shape index (κ3) is 6.42. The highest BCUT2D eigenvalue weighted by Gasteiger charge is 2.39. The summed E-state index contributed by atoms with van der Waals surface area (Å²) in [6.07, 6.45) is 3.53. The highest BCUT2D eigenvalue weighted by molar-refractivity contribution is 5.95. The normalized spacial score (nSPS) is 15.2. The smallest absolute Gasteiger partial charge is 0.330 e. The molecule has 40 heavy (non-hydrogen) atoms. The van der Waals surface area contributed by atoms with Gasteiger partial charge in [0.2, 0.25) is 17.7 Å². The molecular weight excluding hydrogens is 516 g/mol. The molecule has 11 heteroatoms. The Kier molecular flexibility index (Phi) is 9.39. The van der Waals surface area contributed by atoms with Gasteiger partial charge in [0, 0.05) is 30.3 Å². The lowest BCUT2D eigenvalue weighted by Gasteiger charge is -2.35. The minimum atomic E-state index is -1.28. The Balaban J connectivity index is 1.57. The topological polar surface area (TPSA) is 161 Å². The number of hydroxylamine groups is 1. The van der Waals surface area contributed by atoms with E-state index in [9.17, 15) is 24.3 Å². The minimum absolute atomic E-state index is 0.207. The van der Waals surface area contributed by atoms with Gasteiger partial charge in [-0.25, -0.2) is 10.3 Å². The molecular formula is C29H34N4O7. The summed E-state index contributed by atoms with van der Waals surface area (Å²) in [6, 6.07) is 11.7. The van der Waals surface area contributed by atoms with E-state index in [1.54, 1.807) is 42.9 Å². The molecule has 3 amide bonds. The summed E-state index contributed by atoms with van der Waals surface area (Å²) in [4.78, 5) is 55.3. The van der Waals surface area contributed by atoms with Crippen LogP contribution in [0.2, 0.25) is 0 Å². The van der Waals surface area contributed by atoms with Crippen LogP contribution in [0.1, 0.15) is 67.4 Å². The fourth-order valence-electron chi connectivity index (χ4n) is 5.21. The summed E-state index contributed by atoms with van der Waals surface area (Å²) in [6.45, 7) is 0.299. The quantitative estimate of drug-likeness (QED) is 0.131. The van der Waals surface area contributed by atoms with Crippen LogP contribution in [0.3, 0.4) is 0 Å². The Morgan fingerprint density at radius 1 is 1.05 bits per heavy atom. The van der Waals surface area contributed by atoms with Crippen LogP contribution in [0.15, 0.2) is 48.5 Å². The number of amides is 3. The van der Waals surface area contributed by atoms with Gasteiger partial charge in [0.15, 0.2) is 12.1 Å². The summed E-state index contributed by atoms with van der Waals surface area (Å²) in [5.74, 6) is -1.77. The molecule has 1 unspecified atom stereocenters. The van der Waals surface area contributed by atoms with Crippen LogP contribution in [-0.4, -0.2) is 57.5 Å². The fraction of sp³-hybridized carbons (Fsp3) is 0.379. The number of hydrogen-bond acceptors (Lipinski definition) is 6. The Hall–Kier alpha value is -4.38. The number of carboxylic acid groups (broad SMARTS) is 1. The van der Waals surface area contributed by atoms with E-state index in [4.69, 9.17) is 9.94 Å². The second-order valence-electron chi connectivity index (χ2n) is 9.81. The largest absolute Gasteiger partial charge is 0.497 e. The van der Waals surface area contributed by atoms with Crippen molar-refractivity contribution in [3.05, 3.63) is 65.4 Å². The molecule has 1 aliphatic heterocycles. The summed E-state index contributed by atoms with van der Waals surface area (Å²) in [5, 5.41) is 22.0. The van der Waals surface area contributed by atoms with E-state index in [0.717, 1.165) is 22.9 Å². The molecule has 2 atom stereocenters. The van der Waals surface area contributed by atoms with Gasteiger partial charge in [0.05, 0.1) is 12.8 Å². The van der Waals surface area contributed by atoms with E-state index in [1.165, 1.54) is 4.90 Å². The van der Waals surface area contributed by atoms with Crippen LogP contribution in [0, 0.1) is 0 Å². The van der Waals surface area contributed by atoms with Crippen molar-refractivity contribution in [2.24, 2.45) is 0 Å². The highest BCUT2D eigenvalue weighted by atomic mass is 16.5. The number of ether oxygens (including phenoxy) is 1. The van der Waals surface area contributed by atoms with Gasteiger partial charge in [0.1, 0.15) is 5.75 Å². The first-order chi connectivity index (χ1) is 19.3. The lowest BCUT2D eigenvalue weighted by atomic mass is 9.95. The summed E-state index contributed by atoms with van der Waals surface area (Å²) in [7, 11) is 1.58. The summed E-state index contributed by atoms with van der Waals surface area (Å²) < 4.78 is 5.38.